The van der Waals surface area contributed by atoms with Gasteiger partial charge in [0.05, 0.1) is 22.1 Å². The van der Waals surface area contributed by atoms with Crippen molar-refractivity contribution in [2.24, 2.45) is 14.1 Å². The van der Waals surface area contributed by atoms with Gasteiger partial charge >= 0.3 is 0 Å². The fourth-order valence-corrected chi connectivity index (χ4v) is 5.36. The number of anilines is 2. The summed E-state index contributed by atoms with van der Waals surface area (Å²) in [6.07, 6.45) is 0. The monoisotopic (exact) mass is 470 g/mol. The molecule has 4 aromatic carbocycles. The third-order valence-corrected chi connectivity index (χ3v) is 7.26. The zero-order valence-electron chi connectivity index (χ0n) is 20.3. The Kier molecular flexibility index (Phi) is 4.61. The van der Waals surface area contributed by atoms with Crippen LogP contribution in [-0.4, -0.2) is 19.1 Å². The molecule has 0 spiro atoms. The van der Waals surface area contributed by atoms with Gasteiger partial charge in [0.25, 0.3) is 0 Å². The summed E-state index contributed by atoms with van der Waals surface area (Å²) in [6.45, 7) is 1.33. The van der Waals surface area contributed by atoms with Gasteiger partial charge < -0.3 is 19.8 Å². The predicted octanol–water partition coefficient (Wildman–Crippen LogP) is 6.33. The number of aromatic nitrogens is 4. The topological polar surface area (TPSA) is 59.7 Å². The smallest absolute Gasteiger partial charge is 0.142 e. The van der Waals surface area contributed by atoms with Gasteiger partial charge in [0.2, 0.25) is 0 Å². The Morgan fingerprint density at radius 3 is 1.47 bits per heavy atom. The van der Waals surface area contributed by atoms with E-state index in [1.165, 1.54) is 0 Å². The van der Waals surface area contributed by atoms with Gasteiger partial charge in [-0.15, -0.1) is 0 Å². The van der Waals surface area contributed by atoms with Gasteiger partial charge in [-0.05, 0) is 47.5 Å². The summed E-state index contributed by atoms with van der Waals surface area (Å²) in [4.78, 5) is 10.3. The number of benzene rings is 4. The lowest BCUT2D eigenvalue weighted by molar-refractivity contribution is 0.958. The highest BCUT2D eigenvalue weighted by atomic mass is 15.1. The van der Waals surface area contributed by atoms with Crippen LogP contribution in [0.15, 0.2) is 84.9 Å². The number of imidazole rings is 2. The number of aryl methyl sites for hydroxylation is 2. The normalized spacial score (nSPS) is 12.9. The van der Waals surface area contributed by atoms with E-state index in [0.717, 1.165) is 67.3 Å². The van der Waals surface area contributed by atoms with Crippen molar-refractivity contribution in [3.8, 4) is 22.8 Å². The molecule has 6 aromatic rings. The Morgan fingerprint density at radius 1 is 0.556 bits per heavy atom. The predicted molar refractivity (Wildman–Crippen MR) is 147 cm³/mol. The van der Waals surface area contributed by atoms with Gasteiger partial charge in [0.1, 0.15) is 11.6 Å². The van der Waals surface area contributed by atoms with Crippen LogP contribution in [0.2, 0.25) is 0 Å². The summed E-state index contributed by atoms with van der Waals surface area (Å²) < 4.78 is 4.38. The van der Waals surface area contributed by atoms with E-state index in [-0.39, 0.29) is 0 Å². The van der Waals surface area contributed by atoms with Gasteiger partial charge in [-0.1, -0.05) is 48.5 Å². The molecular weight excluding hydrogens is 444 g/mol. The van der Waals surface area contributed by atoms with Crippen LogP contribution in [0.3, 0.4) is 0 Å². The minimum Gasteiger partial charge on any atom is -0.380 e. The number of hydrogen-bond donors (Lipinski definition) is 2. The van der Waals surface area contributed by atoms with Crippen molar-refractivity contribution in [1.82, 2.24) is 19.1 Å². The lowest BCUT2D eigenvalue weighted by Gasteiger charge is -2.12. The van der Waals surface area contributed by atoms with Crippen molar-refractivity contribution in [2.75, 3.05) is 10.6 Å². The summed E-state index contributed by atoms with van der Waals surface area (Å²) >= 11 is 0. The highest BCUT2D eigenvalue weighted by Gasteiger charge is 2.19. The van der Waals surface area contributed by atoms with Crippen LogP contribution < -0.4 is 10.6 Å². The Labute approximate surface area is 209 Å². The zero-order chi connectivity index (χ0) is 24.2. The molecule has 1 aliphatic rings. The SMILES string of the molecule is Cn1c2nc3c(cccc31)CNc1ccccc1-c1nc3c(cccc3n1C)CNc1ccccc1-2. The average Bonchev–Trinajstić information content (AvgIpc) is 3.43. The fraction of sp³-hybridized carbons (Fsp3) is 0.133. The van der Waals surface area contributed by atoms with Gasteiger partial charge in [0.15, 0.2) is 0 Å². The maximum absolute atomic E-state index is 5.15. The molecule has 0 saturated carbocycles. The molecule has 36 heavy (non-hydrogen) atoms. The molecule has 0 aliphatic carbocycles. The largest absolute Gasteiger partial charge is 0.380 e. The zero-order valence-corrected chi connectivity index (χ0v) is 20.3. The maximum atomic E-state index is 5.15. The van der Waals surface area contributed by atoms with Crippen molar-refractivity contribution in [1.29, 1.82) is 0 Å². The van der Waals surface area contributed by atoms with Crippen molar-refractivity contribution < 1.29 is 0 Å². The summed E-state index contributed by atoms with van der Waals surface area (Å²) in [5.74, 6) is 1.90. The summed E-state index contributed by atoms with van der Waals surface area (Å²) in [5.41, 5.74) is 10.9. The quantitative estimate of drug-likeness (QED) is 0.272. The Morgan fingerprint density at radius 2 is 1.00 bits per heavy atom. The van der Waals surface area contributed by atoms with E-state index in [1.807, 2.05) is 0 Å². The third kappa shape index (κ3) is 3.11. The van der Waals surface area contributed by atoms with Crippen LogP contribution >= 0.6 is 0 Å². The first kappa shape index (κ1) is 20.8. The first-order valence-electron chi connectivity index (χ1n) is 12.2. The Bertz CT molecular complexity index is 1640. The number of fused-ring (bicyclic) bond motifs is 6. The van der Waals surface area contributed by atoms with Crippen molar-refractivity contribution in [3.63, 3.8) is 0 Å². The second-order valence-electron chi connectivity index (χ2n) is 9.36. The molecule has 176 valence electrons. The van der Waals surface area contributed by atoms with E-state index in [9.17, 15) is 0 Å². The minimum atomic E-state index is 0.667. The number of nitrogens with zero attached hydrogens (tertiary/aromatic N) is 4. The lowest BCUT2D eigenvalue weighted by Crippen LogP contribution is -2.03. The standard InChI is InChI=1S/C30H26N6/c1-35-25-15-7-9-19-17-32-24-14-6-4-12-22(24)30-34-28-20(10-8-16-26(28)36(30)2)18-31-23-13-5-3-11-21(23)29(35)33-27(19)25/h3-16,31-32H,17-18H2,1-2H3. The molecule has 0 saturated heterocycles. The van der Waals surface area contributed by atoms with E-state index in [4.69, 9.17) is 9.97 Å². The van der Waals surface area contributed by atoms with Crippen LogP contribution in [0.5, 0.6) is 0 Å². The number of rotatable bonds is 0. The van der Waals surface area contributed by atoms with E-state index in [1.54, 1.807) is 0 Å². The second kappa shape index (κ2) is 7.99. The minimum absolute atomic E-state index is 0.667. The van der Waals surface area contributed by atoms with Gasteiger partial charge in [-0.25, -0.2) is 9.97 Å². The van der Waals surface area contributed by atoms with E-state index in [2.05, 4.69) is 119 Å². The first-order valence-corrected chi connectivity index (χ1v) is 12.2. The number of para-hydroxylation sites is 4. The van der Waals surface area contributed by atoms with Gasteiger partial charge in [-0.2, -0.15) is 0 Å². The highest BCUT2D eigenvalue weighted by molar-refractivity contribution is 5.89. The van der Waals surface area contributed by atoms with Crippen molar-refractivity contribution in [2.45, 2.75) is 13.1 Å². The van der Waals surface area contributed by atoms with Crippen LogP contribution in [-0.2, 0) is 27.2 Å². The molecular formula is C30H26N6. The molecule has 6 nitrogen and oxygen atoms in total. The molecule has 0 radical (unpaired) electrons. The van der Waals surface area contributed by atoms with Crippen molar-refractivity contribution in [3.05, 3.63) is 96.1 Å². The third-order valence-electron chi connectivity index (χ3n) is 7.26. The molecule has 0 atom stereocenters. The first-order chi connectivity index (χ1) is 17.7. The van der Waals surface area contributed by atoms with Gasteiger partial charge in [0, 0.05) is 49.7 Å². The Balaban J connectivity index is 1.49. The average molecular weight is 471 g/mol. The van der Waals surface area contributed by atoms with Crippen LogP contribution in [0.25, 0.3) is 44.8 Å². The molecule has 6 heteroatoms. The molecule has 7 rings (SSSR count). The van der Waals surface area contributed by atoms with Crippen LogP contribution in [0.4, 0.5) is 11.4 Å². The Hall–Kier alpha value is -4.58. The lowest BCUT2D eigenvalue weighted by atomic mass is 10.1. The second-order valence-corrected chi connectivity index (χ2v) is 9.36. The molecule has 0 unspecified atom stereocenters. The van der Waals surface area contributed by atoms with Gasteiger partial charge in [-0.3, -0.25) is 0 Å². The molecule has 3 heterocycles. The fourth-order valence-electron chi connectivity index (χ4n) is 5.36. The molecule has 2 aromatic heterocycles. The van der Waals surface area contributed by atoms with Crippen LogP contribution in [0.1, 0.15) is 11.1 Å². The highest BCUT2D eigenvalue weighted by Crippen LogP contribution is 2.34. The number of nitrogens with one attached hydrogen (secondary N) is 2. The van der Waals surface area contributed by atoms with E-state index >= 15 is 0 Å². The van der Waals surface area contributed by atoms with E-state index < -0.39 is 0 Å². The van der Waals surface area contributed by atoms with Crippen LogP contribution in [0, 0.1) is 0 Å². The van der Waals surface area contributed by atoms with E-state index in [0.29, 0.717) is 13.1 Å². The number of hydrogen-bond acceptors (Lipinski definition) is 4. The molecule has 0 fully saturated rings. The van der Waals surface area contributed by atoms with Crippen molar-refractivity contribution >= 4 is 33.4 Å². The summed E-state index contributed by atoms with van der Waals surface area (Å²) in [6, 6.07) is 29.6. The molecule has 1 aliphatic heterocycles. The summed E-state index contributed by atoms with van der Waals surface area (Å²) in [5, 5.41) is 7.37. The molecule has 2 N–H and O–H groups in total. The molecule has 4 bridgehead atoms. The summed E-state index contributed by atoms with van der Waals surface area (Å²) in [7, 11) is 4.19. The maximum Gasteiger partial charge on any atom is 0.142 e. The molecule has 0 amide bonds.